The lowest BCUT2D eigenvalue weighted by atomic mass is 9.79. The number of hydrogen-bond acceptors (Lipinski definition) is 3. The second-order valence-electron chi connectivity index (χ2n) is 4.08. The van der Waals surface area contributed by atoms with E-state index in [1.807, 2.05) is 20.8 Å². The average Bonchev–Trinajstić information content (AvgIpc) is 1.56. The zero-order chi connectivity index (χ0) is 9.28. The van der Waals surface area contributed by atoms with Crippen LogP contribution in [0.3, 0.4) is 0 Å². The van der Waals surface area contributed by atoms with Crippen molar-refractivity contribution in [2.24, 2.45) is 5.41 Å². The molecule has 0 aromatic heterocycles. The minimum Gasteiger partial charge on any atom is -0.307 e. The lowest BCUT2D eigenvalue weighted by molar-refractivity contribution is -0.783. The Morgan fingerprint density at radius 1 is 1.18 bits per heavy atom. The van der Waals surface area contributed by atoms with Gasteiger partial charge < -0.3 is 4.84 Å². The molecular formula is C7H15NO3. The highest BCUT2D eigenvalue weighted by Gasteiger charge is 2.36. The summed E-state index contributed by atoms with van der Waals surface area (Å²) in [5.74, 6) is 0. The summed E-state index contributed by atoms with van der Waals surface area (Å²) in [7, 11) is 0. The van der Waals surface area contributed by atoms with Crippen molar-refractivity contribution in [1.29, 1.82) is 0 Å². The van der Waals surface area contributed by atoms with E-state index in [0.717, 1.165) is 0 Å². The molecular weight excluding hydrogens is 146 g/mol. The topological polar surface area (TPSA) is 52.4 Å². The smallest absolute Gasteiger partial charge is 0.295 e. The van der Waals surface area contributed by atoms with Crippen molar-refractivity contribution in [3.8, 4) is 0 Å². The fourth-order valence-electron chi connectivity index (χ4n) is 0.323. The maximum absolute atomic E-state index is 10.0. The quantitative estimate of drug-likeness (QED) is 0.460. The maximum atomic E-state index is 10.0. The summed E-state index contributed by atoms with van der Waals surface area (Å²) in [6.07, 6.45) is 0. The van der Waals surface area contributed by atoms with Gasteiger partial charge >= 0.3 is 0 Å². The summed E-state index contributed by atoms with van der Waals surface area (Å²) in [5.41, 5.74) is -0.976. The molecule has 11 heavy (non-hydrogen) atoms. The molecule has 0 rings (SSSR count). The van der Waals surface area contributed by atoms with E-state index in [1.54, 1.807) is 13.8 Å². The Bertz CT molecular complexity index is 158. The molecule has 0 aliphatic rings. The van der Waals surface area contributed by atoms with E-state index in [1.165, 1.54) is 0 Å². The van der Waals surface area contributed by atoms with Crippen molar-refractivity contribution in [3.05, 3.63) is 10.1 Å². The molecule has 0 aliphatic carbocycles. The predicted octanol–water partition coefficient (Wildman–Crippen LogP) is 2.02. The van der Waals surface area contributed by atoms with Gasteiger partial charge in [0.15, 0.2) is 0 Å². The first-order valence-electron chi connectivity index (χ1n) is 3.50. The van der Waals surface area contributed by atoms with Crippen molar-refractivity contribution in [2.75, 3.05) is 0 Å². The van der Waals surface area contributed by atoms with Crippen LogP contribution in [0, 0.1) is 15.5 Å². The molecule has 0 saturated carbocycles. The van der Waals surface area contributed by atoms with Gasteiger partial charge in [-0.1, -0.05) is 20.8 Å². The van der Waals surface area contributed by atoms with E-state index in [2.05, 4.69) is 4.84 Å². The minimum absolute atomic E-state index is 0.236. The second kappa shape index (κ2) is 2.68. The fourth-order valence-corrected chi connectivity index (χ4v) is 0.323. The second-order valence-corrected chi connectivity index (χ2v) is 4.08. The van der Waals surface area contributed by atoms with Crippen LogP contribution in [0.15, 0.2) is 0 Å². The van der Waals surface area contributed by atoms with Gasteiger partial charge in [0.25, 0.3) is 5.09 Å². The van der Waals surface area contributed by atoms with Gasteiger partial charge in [-0.15, -0.1) is 10.1 Å². The predicted molar refractivity (Wildman–Crippen MR) is 41.6 cm³/mol. The Balaban J connectivity index is 4.34. The molecule has 66 valence electrons. The van der Waals surface area contributed by atoms with Gasteiger partial charge in [0.05, 0.1) is 0 Å². The molecule has 0 amide bonds. The van der Waals surface area contributed by atoms with Gasteiger partial charge in [-0.3, -0.25) is 0 Å². The maximum Gasteiger partial charge on any atom is 0.295 e. The van der Waals surface area contributed by atoms with E-state index < -0.39 is 10.7 Å². The van der Waals surface area contributed by atoms with Crippen molar-refractivity contribution in [3.63, 3.8) is 0 Å². The van der Waals surface area contributed by atoms with Gasteiger partial charge in [0, 0.05) is 0 Å². The van der Waals surface area contributed by atoms with Crippen LogP contribution < -0.4 is 0 Å². The largest absolute Gasteiger partial charge is 0.307 e. The van der Waals surface area contributed by atoms with E-state index in [9.17, 15) is 10.1 Å². The summed E-state index contributed by atoms with van der Waals surface area (Å²) in [5, 5.41) is 9.30. The third kappa shape index (κ3) is 2.74. The number of hydrogen-bond donors (Lipinski definition) is 0. The van der Waals surface area contributed by atoms with Crippen molar-refractivity contribution in [1.82, 2.24) is 0 Å². The first-order chi connectivity index (χ1) is 4.67. The fraction of sp³-hybridized carbons (Fsp3) is 1.00. The third-order valence-electron chi connectivity index (χ3n) is 2.11. The molecule has 0 spiro atoms. The average molecular weight is 161 g/mol. The summed E-state index contributed by atoms with van der Waals surface area (Å²) < 4.78 is 0. The molecule has 0 aliphatic heterocycles. The first kappa shape index (κ1) is 10.2. The van der Waals surface area contributed by atoms with Crippen LogP contribution in [0.25, 0.3) is 0 Å². The van der Waals surface area contributed by atoms with E-state index in [4.69, 9.17) is 0 Å². The van der Waals surface area contributed by atoms with Crippen LogP contribution in [-0.4, -0.2) is 10.7 Å². The van der Waals surface area contributed by atoms with Crippen molar-refractivity contribution < 1.29 is 9.92 Å². The normalized spacial score (nSPS) is 12.8. The Kier molecular flexibility index (Phi) is 2.48. The monoisotopic (exact) mass is 161 g/mol. The van der Waals surface area contributed by atoms with Crippen molar-refractivity contribution >= 4 is 0 Å². The third-order valence-corrected chi connectivity index (χ3v) is 2.11. The molecule has 0 N–H and O–H groups in total. The summed E-state index contributed by atoms with van der Waals surface area (Å²) >= 11 is 0. The molecule has 0 fully saturated rings. The summed E-state index contributed by atoms with van der Waals surface area (Å²) in [4.78, 5) is 14.6. The zero-order valence-electron chi connectivity index (χ0n) is 7.67. The molecule has 0 radical (unpaired) electrons. The first-order valence-corrected chi connectivity index (χ1v) is 3.50. The summed E-state index contributed by atoms with van der Waals surface area (Å²) in [6, 6.07) is 0. The summed E-state index contributed by atoms with van der Waals surface area (Å²) in [6.45, 7) is 9.11. The number of rotatable bonds is 2. The molecule has 0 heterocycles. The Morgan fingerprint density at radius 3 is 1.64 bits per heavy atom. The van der Waals surface area contributed by atoms with Gasteiger partial charge in [-0.2, -0.15) is 0 Å². The van der Waals surface area contributed by atoms with Gasteiger partial charge in [-0.05, 0) is 19.3 Å². The van der Waals surface area contributed by atoms with Gasteiger partial charge in [-0.25, -0.2) is 0 Å². The molecule has 4 heteroatoms. The molecule has 0 bridgehead atoms. The Morgan fingerprint density at radius 2 is 1.55 bits per heavy atom. The molecule has 0 unspecified atom stereocenters. The van der Waals surface area contributed by atoms with Gasteiger partial charge in [0.2, 0.25) is 0 Å². The van der Waals surface area contributed by atoms with Crippen LogP contribution in [0.2, 0.25) is 0 Å². The Labute approximate surface area is 66.6 Å². The van der Waals surface area contributed by atoms with Crippen LogP contribution in [0.1, 0.15) is 34.6 Å². The highest BCUT2D eigenvalue weighted by molar-refractivity contribution is 4.82. The number of nitrogens with zero attached hydrogens (tertiary/aromatic N) is 1. The SMILES string of the molecule is CC(C)(C)C(C)(C)O[N+](=O)[O-]. The molecule has 0 aromatic rings. The highest BCUT2D eigenvalue weighted by atomic mass is 17.0. The van der Waals surface area contributed by atoms with E-state index >= 15 is 0 Å². The minimum atomic E-state index is -0.745. The molecule has 0 saturated heterocycles. The zero-order valence-corrected chi connectivity index (χ0v) is 7.67. The standard InChI is InChI=1S/C7H15NO3/c1-6(2,3)7(4,5)11-8(9)10/h1-5H3. The highest BCUT2D eigenvalue weighted by Crippen LogP contribution is 2.32. The lowest BCUT2D eigenvalue weighted by Crippen LogP contribution is -2.41. The van der Waals surface area contributed by atoms with E-state index in [-0.39, 0.29) is 5.41 Å². The van der Waals surface area contributed by atoms with E-state index in [0.29, 0.717) is 0 Å². The van der Waals surface area contributed by atoms with Gasteiger partial charge in [0.1, 0.15) is 5.60 Å². The van der Waals surface area contributed by atoms with Crippen LogP contribution in [0.5, 0.6) is 0 Å². The molecule has 0 atom stereocenters. The Hall–Kier alpha value is -0.800. The lowest BCUT2D eigenvalue weighted by Gasteiger charge is -2.35. The van der Waals surface area contributed by atoms with Crippen molar-refractivity contribution in [2.45, 2.75) is 40.2 Å². The van der Waals surface area contributed by atoms with Crippen LogP contribution in [-0.2, 0) is 4.84 Å². The van der Waals surface area contributed by atoms with Crippen LogP contribution >= 0.6 is 0 Å². The molecule has 4 nitrogen and oxygen atoms in total. The van der Waals surface area contributed by atoms with Crippen LogP contribution in [0.4, 0.5) is 0 Å². The molecule has 0 aromatic carbocycles.